The SMILES string of the molecule is C=C(c1ccccc1)c1cccc([Si](C)(C)CCCCl)c1. The van der Waals surface area contributed by atoms with Crippen LogP contribution >= 0.6 is 11.6 Å². The second kappa shape index (κ2) is 7.10. The molecular formula is C19H23ClSi. The van der Waals surface area contributed by atoms with Crippen molar-refractivity contribution in [1.29, 1.82) is 0 Å². The smallest absolute Gasteiger partial charge is 0.0807 e. The zero-order chi connectivity index (χ0) is 15.3. The van der Waals surface area contributed by atoms with Gasteiger partial charge in [0.15, 0.2) is 0 Å². The van der Waals surface area contributed by atoms with Crippen LogP contribution < -0.4 is 5.19 Å². The average molecular weight is 315 g/mol. The van der Waals surface area contributed by atoms with Crippen molar-refractivity contribution in [2.24, 2.45) is 0 Å². The number of benzene rings is 2. The van der Waals surface area contributed by atoms with E-state index in [1.165, 1.54) is 22.4 Å². The highest BCUT2D eigenvalue weighted by Crippen LogP contribution is 2.22. The molecule has 0 fully saturated rings. The lowest BCUT2D eigenvalue weighted by Gasteiger charge is -2.23. The zero-order valence-electron chi connectivity index (χ0n) is 12.9. The van der Waals surface area contributed by atoms with Crippen LogP contribution in [0.25, 0.3) is 5.57 Å². The highest BCUT2D eigenvalue weighted by Gasteiger charge is 2.23. The summed E-state index contributed by atoms with van der Waals surface area (Å²) in [5.41, 5.74) is 3.51. The van der Waals surface area contributed by atoms with E-state index in [4.69, 9.17) is 11.6 Å². The highest BCUT2D eigenvalue weighted by molar-refractivity contribution is 6.89. The van der Waals surface area contributed by atoms with Crippen molar-refractivity contribution < 1.29 is 0 Å². The largest absolute Gasteiger partial charge is 0.127 e. The van der Waals surface area contributed by atoms with Gasteiger partial charge >= 0.3 is 0 Å². The first-order chi connectivity index (χ1) is 10.0. The Kier molecular flexibility index (Phi) is 5.43. The van der Waals surface area contributed by atoms with E-state index in [1.807, 2.05) is 6.07 Å². The van der Waals surface area contributed by atoms with Crippen molar-refractivity contribution in [3.8, 4) is 0 Å². The Balaban J connectivity index is 2.28. The zero-order valence-corrected chi connectivity index (χ0v) is 14.7. The molecule has 0 aliphatic heterocycles. The molecule has 0 heterocycles. The summed E-state index contributed by atoms with van der Waals surface area (Å²) in [6.45, 7) is 9.12. The van der Waals surface area contributed by atoms with E-state index in [0.29, 0.717) is 0 Å². The van der Waals surface area contributed by atoms with E-state index in [2.05, 4.69) is 68.2 Å². The Morgan fingerprint density at radius 2 is 1.67 bits per heavy atom. The molecule has 0 bridgehead atoms. The van der Waals surface area contributed by atoms with Crippen molar-refractivity contribution >= 4 is 30.4 Å². The molecule has 0 nitrogen and oxygen atoms in total. The van der Waals surface area contributed by atoms with Crippen molar-refractivity contribution in [2.45, 2.75) is 25.6 Å². The molecular weight excluding hydrogens is 292 g/mol. The minimum absolute atomic E-state index is 0.757. The van der Waals surface area contributed by atoms with Gasteiger partial charge in [-0.2, -0.15) is 0 Å². The van der Waals surface area contributed by atoms with Gasteiger partial charge in [0, 0.05) is 5.88 Å². The Labute approximate surface area is 134 Å². The number of hydrogen-bond acceptors (Lipinski definition) is 0. The molecule has 0 saturated carbocycles. The Bertz CT molecular complexity index is 602. The molecule has 0 radical (unpaired) electrons. The molecule has 0 unspecified atom stereocenters. The summed E-state index contributed by atoms with van der Waals surface area (Å²) in [5.74, 6) is 0.757. The molecule has 0 aliphatic carbocycles. The topological polar surface area (TPSA) is 0 Å². The van der Waals surface area contributed by atoms with E-state index in [9.17, 15) is 0 Å². The van der Waals surface area contributed by atoms with Crippen molar-refractivity contribution in [3.05, 3.63) is 72.3 Å². The van der Waals surface area contributed by atoms with Crippen LogP contribution in [0.2, 0.25) is 19.1 Å². The minimum atomic E-state index is -1.40. The summed E-state index contributed by atoms with van der Waals surface area (Å²) in [5, 5.41) is 1.49. The summed E-state index contributed by atoms with van der Waals surface area (Å²) < 4.78 is 0. The summed E-state index contributed by atoms with van der Waals surface area (Å²) in [7, 11) is -1.40. The third-order valence-electron chi connectivity index (χ3n) is 4.05. The molecule has 0 amide bonds. The quantitative estimate of drug-likeness (QED) is 0.502. The maximum Gasteiger partial charge on any atom is 0.0807 e. The predicted octanol–water partition coefficient (Wildman–Crippen LogP) is 5.29. The second-order valence-corrected chi connectivity index (χ2v) is 11.3. The molecule has 0 atom stereocenters. The first-order valence-corrected chi connectivity index (χ1v) is 11.2. The Hall–Kier alpha value is -1.31. The first-order valence-electron chi connectivity index (χ1n) is 7.46. The van der Waals surface area contributed by atoms with E-state index in [-0.39, 0.29) is 0 Å². The summed E-state index contributed by atoms with van der Waals surface area (Å²) in [6, 6.07) is 20.5. The monoisotopic (exact) mass is 314 g/mol. The maximum atomic E-state index is 5.86. The van der Waals surface area contributed by atoms with Gasteiger partial charge in [-0.15, -0.1) is 11.6 Å². The van der Waals surface area contributed by atoms with E-state index < -0.39 is 8.07 Å². The molecule has 110 valence electrons. The van der Waals surface area contributed by atoms with Gasteiger partial charge < -0.3 is 0 Å². The third-order valence-corrected chi connectivity index (χ3v) is 7.79. The minimum Gasteiger partial charge on any atom is -0.127 e. The number of alkyl halides is 1. The Morgan fingerprint density at radius 1 is 1.00 bits per heavy atom. The predicted molar refractivity (Wildman–Crippen MR) is 98.3 cm³/mol. The van der Waals surface area contributed by atoms with Crippen LogP contribution in [0.1, 0.15) is 17.5 Å². The fourth-order valence-corrected chi connectivity index (χ4v) is 5.39. The van der Waals surface area contributed by atoms with Crippen LogP contribution in [-0.2, 0) is 0 Å². The van der Waals surface area contributed by atoms with Crippen LogP contribution in [0.3, 0.4) is 0 Å². The standard InChI is InChI=1S/C19H23ClSi/c1-16(17-9-5-4-6-10-17)18-11-7-12-19(15-18)21(2,3)14-8-13-20/h4-7,9-12,15H,1,8,13-14H2,2-3H3. The van der Waals surface area contributed by atoms with Gasteiger partial charge in [-0.1, -0.05) is 85.5 Å². The molecule has 2 heteroatoms. The molecule has 2 aromatic rings. The summed E-state index contributed by atoms with van der Waals surface area (Å²) in [6.07, 6.45) is 1.10. The summed E-state index contributed by atoms with van der Waals surface area (Å²) in [4.78, 5) is 0. The van der Waals surface area contributed by atoms with E-state index in [0.717, 1.165) is 17.9 Å². The molecule has 0 spiro atoms. The number of hydrogen-bond donors (Lipinski definition) is 0. The molecule has 0 saturated heterocycles. The molecule has 21 heavy (non-hydrogen) atoms. The third kappa shape index (κ3) is 4.09. The lowest BCUT2D eigenvalue weighted by atomic mass is 10.00. The fourth-order valence-electron chi connectivity index (χ4n) is 2.59. The van der Waals surface area contributed by atoms with Gasteiger partial charge in [0.2, 0.25) is 0 Å². The van der Waals surface area contributed by atoms with Crippen LogP contribution in [0.15, 0.2) is 61.2 Å². The molecule has 0 N–H and O–H groups in total. The van der Waals surface area contributed by atoms with Gasteiger partial charge in [-0.25, -0.2) is 0 Å². The van der Waals surface area contributed by atoms with Crippen molar-refractivity contribution in [2.75, 3.05) is 5.88 Å². The van der Waals surface area contributed by atoms with Gasteiger partial charge in [-0.3, -0.25) is 0 Å². The van der Waals surface area contributed by atoms with Crippen LogP contribution in [0.5, 0.6) is 0 Å². The van der Waals surface area contributed by atoms with Crippen LogP contribution in [0.4, 0.5) is 0 Å². The lowest BCUT2D eigenvalue weighted by Crippen LogP contribution is -2.41. The summed E-state index contributed by atoms with van der Waals surface area (Å²) >= 11 is 5.86. The van der Waals surface area contributed by atoms with Gasteiger partial charge in [0.1, 0.15) is 0 Å². The second-order valence-electron chi connectivity index (χ2n) is 6.10. The molecule has 2 rings (SSSR count). The lowest BCUT2D eigenvalue weighted by molar-refractivity contribution is 1.06. The molecule has 2 aromatic carbocycles. The average Bonchev–Trinajstić information content (AvgIpc) is 2.53. The van der Waals surface area contributed by atoms with Crippen molar-refractivity contribution in [3.63, 3.8) is 0 Å². The van der Waals surface area contributed by atoms with E-state index in [1.54, 1.807) is 0 Å². The van der Waals surface area contributed by atoms with Crippen molar-refractivity contribution in [1.82, 2.24) is 0 Å². The van der Waals surface area contributed by atoms with Gasteiger partial charge in [-0.05, 0) is 23.1 Å². The first kappa shape index (κ1) is 16.1. The number of halogens is 1. The van der Waals surface area contributed by atoms with Gasteiger partial charge in [0.25, 0.3) is 0 Å². The fraction of sp³-hybridized carbons (Fsp3) is 0.263. The molecule has 0 aliphatic rings. The Morgan fingerprint density at radius 3 is 2.33 bits per heavy atom. The number of rotatable bonds is 6. The van der Waals surface area contributed by atoms with Crippen LogP contribution in [0, 0.1) is 0 Å². The van der Waals surface area contributed by atoms with Crippen LogP contribution in [-0.4, -0.2) is 14.0 Å². The van der Waals surface area contributed by atoms with Gasteiger partial charge in [0.05, 0.1) is 8.07 Å². The van der Waals surface area contributed by atoms with E-state index >= 15 is 0 Å². The maximum absolute atomic E-state index is 5.86. The molecule has 0 aromatic heterocycles. The normalized spacial score (nSPS) is 11.4. The highest BCUT2D eigenvalue weighted by atomic mass is 35.5.